The van der Waals surface area contributed by atoms with Gasteiger partial charge in [-0.1, -0.05) is 30.0 Å². The van der Waals surface area contributed by atoms with Gasteiger partial charge in [-0.3, -0.25) is 4.79 Å². The summed E-state index contributed by atoms with van der Waals surface area (Å²) in [6.45, 7) is 0. The minimum Gasteiger partial charge on any atom is -0.370 e. The molecule has 0 fully saturated rings. The minimum absolute atomic E-state index is 0.0971. The second kappa shape index (κ2) is 5.05. The molecule has 0 aromatic heterocycles. The number of hydrogen-bond acceptors (Lipinski definition) is 2. The molecule has 3 nitrogen and oxygen atoms in total. The largest absolute Gasteiger partial charge is 0.370 e. The van der Waals surface area contributed by atoms with E-state index in [1.807, 2.05) is 30.3 Å². The van der Waals surface area contributed by atoms with Gasteiger partial charge in [-0.2, -0.15) is 0 Å². The summed E-state index contributed by atoms with van der Waals surface area (Å²) < 4.78 is 0. The van der Waals surface area contributed by atoms with E-state index in [1.54, 1.807) is 0 Å². The quantitative estimate of drug-likeness (QED) is 0.653. The zero-order chi connectivity index (χ0) is 10.4. The van der Waals surface area contributed by atoms with E-state index in [2.05, 4.69) is 11.8 Å². The van der Waals surface area contributed by atoms with Gasteiger partial charge in [-0.05, 0) is 12.1 Å². The Hall–Kier alpha value is -1.79. The van der Waals surface area contributed by atoms with Crippen LogP contribution in [0.1, 0.15) is 12.0 Å². The van der Waals surface area contributed by atoms with Crippen LogP contribution in [-0.2, 0) is 4.79 Å². The first-order chi connectivity index (χ1) is 6.68. The van der Waals surface area contributed by atoms with Crippen molar-refractivity contribution < 1.29 is 4.79 Å². The molecule has 1 rings (SSSR count). The molecule has 0 spiro atoms. The number of rotatable bonds is 2. The van der Waals surface area contributed by atoms with Crippen molar-refractivity contribution in [2.75, 3.05) is 0 Å². The topological polar surface area (TPSA) is 69.1 Å². The van der Waals surface area contributed by atoms with Crippen LogP contribution < -0.4 is 11.5 Å². The summed E-state index contributed by atoms with van der Waals surface area (Å²) in [5, 5.41) is 0. The average molecular weight is 188 g/mol. The van der Waals surface area contributed by atoms with Crippen LogP contribution in [0.2, 0.25) is 0 Å². The number of primary amides is 1. The lowest BCUT2D eigenvalue weighted by Crippen LogP contribution is -2.25. The van der Waals surface area contributed by atoms with Crippen molar-refractivity contribution in [1.29, 1.82) is 0 Å². The number of carbonyl (C=O) groups is 1. The molecule has 0 aliphatic carbocycles. The van der Waals surface area contributed by atoms with Gasteiger partial charge in [0.25, 0.3) is 0 Å². The van der Waals surface area contributed by atoms with Crippen LogP contribution >= 0.6 is 0 Å². The van der Waals surface area contributed by atoms with E-state index in [1.165, 1.54) is 0 Å². The van der Waals surface area contributed by atoms with Gasteiger partial charge >= 0.3 is 0 Å². The second-order valence-electron chi connectivity index (χ2n) is 2.91. The Bertz CT molecular complexity index is 362. The van der Waals surface area contributed by atoms with Gasteiger partial charge in [0, 0.05) is 5.56 Å². The van der Waals surface area contributed by atoms with Gasteiger partial charge < -0.3 is 11.5 Å². The van der Waals surface area contributed by atoms with Crippen molar-refractivity contribution in [3.05, 3.63) is 35.9 Å². The third kappa shape index (κ3) is 3.74. The summed E-state index contributed by atoms with van der Waals surface area (Å²) in [5.41, 5.74) is 11.4. The van der Waals surface area contributed by atoms with Crippen molar-refractivity contribution in [1.82, 2.24) is 0 Å². The smallest absolute Gasteiger partial charge is 0.219 e. The fourth-order valence-electron chi connectivity index (χ4n) is 0.965. The highest BCUT2D eigenvalue weighted by molar-refractivity contribution is 5.74. The third-order valence-corrected chi connectivity index (χ3v) is 1.60. The molecular weight excluding hydrogens is 176 g/mol. The van der Waals surface area contributed by atoms with Gasteiger partial charge in [0.05, 0.1) is 12.5 Å². The molecule has 0 bridgehead atoms. The van der Waals surface area contributed by atoms with E-state index >= 15 is 0 Å². The van der Waals surface area contributed by atoms with Gasteiger partial charge in [0.2, 0.25) is 5.91 Å². The zero-order valence-electron chi connectivity index (χ0n) is 7.73. The van der Waals surface area contributed by atoms with Crippen LogP contribution in [0.3, 0.4) is 0 Å². The first-order valence-electron chi connectivity index (χ1n) is 4.29. The second-order valence-corrected chi connectivity index (χ2v) is 2.91. The summed E-state index contributed by atoms with van der Waals surface area (Å²) in [7, 11) is 0. The monoisotopic (exact) mass is 188 g/mol. The Kier molecular flexibility index (Phi) is 3.71. The first-order valence-corrected chi connectivity index (χ1v) is 4.29. The predicted molar refractivity (Wildman–Crippen MR) is 55.1 cm³/mol. The van der Waals surface area contributed by atoms with Crippen LogP contribution in [0.15, 0.2) is 30.3 Å². The summed E-state index contributed by atoms with van der Waals surface area (Å²) in [6.07, 6.45) is 0.0971. The maximum absolute atomic E-state index is 10.5. The highest BCUT2D eigenvalue weighted by Gasteiger charge is 2.01. The summed E-state index contributed by atoms with van der Waals surface area (Å²) in [6, 6.07) is 8.98. The van der Waals surface area contributed by atoms with Crippen LogP contribution in [0.25, 0.3) is 0 Å². The molecule has 1 unspecified atom stereocenters. The van der Waals surface area contributed by atoms with Crippen molar-refractivity contribution in [3.8, 4) is 11.8 Å². The molecule has 3 heteroatoms. The summed E-state index contributed by atoms with van der Waals surface area (Å²) in [4.78, 5) is 10.5. The summed E-state index contributed by atoms with van der Waals surface area (Å²) in [5.74, 6) is 5.19. The Balaban J connectivity index is 2.60. The zero-order valence-corrected chi connectivity index (χ0v) is 7.73. The fraction of sp³-hybridized carbons (Fsp3) is 0.182. The average Bonchev–Trinajstić information content (AvgIpc) is 2.15. The molecule has 0 saturated carbocycles. The van der Waals surface area contributed by atoms with Gasteiger partial charge in [-0.15, -0.1) is 0 Å². The highest BCUT2D eigenvalue weighted by atomic mass is 16.1. The molecule has 1 atom stereocenters. The van der Waals surface area contributed by atoms with Crippen molar-refractivity contribution >= 4 is 5.91 Å². The Morgan fingerprint density at radius 2 is 2.00 bits per heavy atom. The molecule has 1 aromatic carbocycles. The van der Waals surface area contributed by atoms with Crippen LogP contribution in [0.5, 0.6) is 0 Å². The van der Waals surface area contributed by atoms with E-state index in [0.29, 0.717) is 0 Å². The van der Waals surface area contributed by atoms with Crippen molar-refractivity contribution in [2.45, 2.75) is 12.5 Å². The lowest BCUT2D eigenvalue weighted by Gasteiger charge is -1.97. The molecule has 0 aliphatic rings. The Morgan fingerprint density at radius 1 is 1.36 bits per heavy atom. The molecule has 4 N–H and O–H groups in total. The lowest BCUT2D eigenvalue weighted by atomic mass is 10.2. The normalized spacial score (nSPS) is 11.2. The number of carbonyl (C=O) groups excluding carboxylic acids is 1. The Labute approximate surface area is 83.1 Å². The summed E-state index contributed by atoms with van der Waals surface area (Å²) >= 11 is 0. The number of amides is 1. The number of benzene rings is 1. The molecule has 0 heterocycles. The van der Waals surface area contributed by atoms with Gasteiger partial charge in [0.1, 0.15) is 0 Å². The molecule has 1 aromatic rings. The van der Waals surface area contributed by atoms with Gasteiger partial charge in [0.15, 0.2) is 0 Å². The Morgan fingerprint density at radius 3 is 2.57 bits per heavy atom. The minimum atomic E-state index is -0.479. The highest BCUT2D eigenvalue weighted by Crippen LogP contribution is 1.95. The van der Waals surface area contributed by atoms with Crippen LogP contribution in [0, 0.1) is 11.8 Å². The van der Waals surface area contributed by atoms with Crippen molar-refractivity contribution in [3.63, 3.8) is 0 Å². The third-order valence-electron chi connectivity index (χ3n) is 1.60. The van der Waals surface area contributed by atoms with E-state index in [9.17, 15) is 4.79 Å². The molecule has 0 radical (unpaired) electrons. The van der Waals surface area contributed by atoms with Gasteiger partial charge in [-0.25, -0.2) is 0 Å². The molecule has 14 heavy (non-hydrogen) atoms. The van der Waals surface area contributed by atoms with E-state index < -0.39 is 11.9 Å². The maximum Gasteiger partial charge on any atom is 0.219 e. The SMILES string of the molecule is NC(=O)CC(N)C#Cc1ccccc1. The van der Waals surface area contributed by atoms with E-state index in [4.69, 9.17) is 11.5 Å². The van der Waals surface area contributed by atoms with E-state index in [0.717, 1.165) is 5.56 Å². The molecule has 1 amide bonds. The predicted octanol–water partition coefficient (Wildman–Crippen LogP) is 0.241. The lowest BCUT2D eigenvalue weighted by molar-refractivity contribution is -0.118. The standard InChI is InChI=1S/C11H12N2O/c12-10(8-11(13)14)7-6-9-4-2-1-3-5-9/h1-5,10H,8,12H2,(H2,13,14). The molecule has 72 valence electrons. The van der Waals surface area contributed by atoms with Crippen molar-refractivity contribution in [2.24, 2.45) is 11.5 Å². The number of hydrogen-bond donors (Lipinski definition) is 2. The number of nitrogens with two attached hydrogens (primary N) is 2. The van der Waals surface area contributed by atoms with Crippen LogP contribution in [0.4, 0.5) is 0 Å². The molecule has 0 saturated heterocycles. The molecular formula is C11H12N2O. The van der Waals surface area contributed by atoms with E-state index in [-0.39, 0.29) is 6.42 Å². The van der Waals surface area contributed by atoms with Crippen LogP contribution in [-0.4, -0.2) is 11.9 Å². The first kappa shape index (κ1) is 10.3. The molecule has 0 aliphatic heterocycles. The maximum atomic E-state index is 10.5. The fourth-order valence-corrected chi connectivity index (χ4v) is 0.965.